The van der Waals surface area contributed by atoms with Gasteiger partial charge in [-0.2, -0.15) is 0 Å². The second-order valence-corrected chi connectivity index (χ2v) is 7.47. The third-order valence-corrected chi connectivity index (χ3v) is 5.72. The van der Waals surface area contributed by atoms with Crippen molar-refractivity contribution in [3.8, 4) is 0 Å². The number of fused-ring (bicyclic) bond motifs is 3. The predicted octanol–water partition coefficient (Wildman–Crippen LogP) is 6.43. The summed E-state index contributed by atoms with van der Waals surface area (Å²) in [6.07, 6.45) is 1.29. The van der Waals surface area contributed by atoms with Crippen LogP contribution in [0.3, 0.4) is 0 Å². The van der Waals surface area contributed by atoms with E-state index in [0.717, 1.165) is 34.0 Å². The van der Waals surface area contributed by atoms with Gasteiger partial charge >= 0.3 is 0 Å². The van der Waals surface area contributed by atoms with E-state index in [-0.39, 0.29) is 11.8 Å². The average molecular weight is 384 g/mol. The summed E-state index contributed by atoms with van der Waals surface area (Å²) in [6, 6.07) is 18.0. The molecule has 132 valence electrons. The van der Waals surface area contributed by atoms with Gasteiger partial charge in [0.05, 0.1) is 0 Å². The second-order valence-electron chi connectivity index (χ2n) is 6.66. The van der Waals surface area contributed by atoms with Crippen molar-refractivity contribution in [1.82, 2.24) is 0 Å². The Kier molecular flexibility index (Phi) is 4.64. The predicted molar refractivity (Wildman–Crippen MR) is 110 cm³/mol. The van der Waals surface area contributed by atoms with Crippen molar-refractivity contribution in [1.29, 1.82) is 0 Å². The minimum atomic E-state index is -0.141. The number of hydrogen-bond donors (Lipinski definition) is 0. The molecule has 2 nitrogen and oxygen atoms in total. The molecule has 1 heterocycles. The molecular formula is C22H19Cl2NO. The minimum Gasteiger partial charge on any atom is -0.312 e. The first-order valence-corrected chi connectivity index (χ1v) is 9.63. The summed E-state index contributed by atoms with van der Waals surface area (Å²) >= 11 is 13.0. The van der Waals surface area contributed by atoms with E-state index in [1.807, 2.05) is 35.2 Å². The van der Waals surface area contributed by atoms with E-state index in [1.165, 1.54) is 0 Å². The first-order chi connectivity index (χ1) is 12.6. The van der Waals surface area contributed by atoms with Crippen molar-refractivity contribution < 1.29 is 4.79 Å². The standard InChI is InChI=1S/C22H19Cl2NO/c1-2-12-25-19-11-10-14-6-3-4-7-15(14)21(19)16(13-20(25)26)22-17(23)8-5-9-18(22)24/h3-11,16H,2,12-13H2,1H3. The van der Waals surface area contributed by atoms with E-state index < -0.39 is 0 Å². The topological polar surface area (TPSA) is 20.3 Å². The van der Waals surface area contributed by atoms with Gasteiger partial charge in [-0.25, -0.2) is 0 Å². The Hall–Kier alpha value is -2.03. The smallest absolute Gasteiger partial charge is 0.227 e. The van der Waals surface area contributed by atoms with E-state index in [9.17, 15) is 4.79 Å². The zero-order chi connectivity index (χ0) is 18.3. The Balaban J connectivity index is 2.03. The fourth-order valence-corrected chi connectivity index (χ4v) is 4.63. The van der Waals surface area contributed by atoms with Gasteiger partial charge in [0.25, 0.3) is 0 Å². The molecule has 3 aromatic rings. The molecule has 3 aromatic carbocycles. The number of halogens is 2. The highest BCUT2D eigenvalue weighted by Gasteiger charge is 2.35. The molecule has 0 aromatic heterocycles. The Morgan fingerprint density at radius 3 is 2.42 bits per heavy atom. The van der Waals surface area contributed by atoms with E-state index in [1.54, 1.807) is 0 Å². The SMILES string of the molecule is CCCN1C(=O)CC(c2c(Cl)cccc2Cl)c2c1ccc1ccccc21. The lowest BCUT2D eigenvalue weighted by Crippen LogP contribution is -2.37. The van der Waals surface area contributed by atoms with E-state index >= 15 is 0 Å². The highest BCUT2D eigenvalue weighted by molar-refractivity contribution is 6.36. The number of nitrogens with zero attached hydrogens (tertiary/aromatic N) is 1. The summed E-state index contributed by atoms with van der Waals surface area (Å²) in [5, 5.41) is 3.53. The second kappa shape index (κ2) is 6.94. The fraction of sp³-hybridized carbons (Fsp3) is 0.227. The minimum absolute atomic E-state index is 0.121. The molecule has 0 radical (unpaired) electrons. The molecule has 0 saturated carbocycles. The number of hydrogen-bond acceptors (Lipinski definition) is 1. The van der Waals surface area contributed by atoms with Gasteiger partial charge in [-0.15, -0.1) is 0 Å². The van der Waals surface area contributed by atoms with Crippen LogP contribution in [0, 0.1) is 0 Å². The molecule has 0 bridgehead atoms. The van der Waals surface area contributed by atoms with Crippen LogP contribution in [0.15, 0.2) is 54.6 Å². The van der Waals surface area contributed by atoms with Crippen molar-refractivity contribution in [3.63, 3.8) is 0 Å². The van der Waals surface area contributed by atoms with Gasteiger partial charge in [0.1, 0.15) is 0 Å². The van der Waals surface area contributed by atoms with Crippen LogP contribution >= 0.6 is 23.2 Å². The van der Waals surface area contributed by atoms with Crippen LogP contribution < -0.4 is 4.90 Å². The Labute approximate surface area is 163 Å². The number of carbonyl (C=O) groups excluding carboxylic acids is 1. The molecule has 0 N–H and O–H groups in total. The number of amides is 1. The first-order valence-electron chi connectivity index (χ1n) is 8.87. The molecule has 0 fully saturated rings. The lowest BCUT2D eigenvalue weighted by Gasteiger charge is -2.35. The molecule has 1 atom stereocenters. The van der Waals surface area contributed by atoms with Crippen LogP contribution in [0.2, 0.25) is 10.0 Å². The van der Waals surface area contributed by atoms with Crippen LogP contribution in [-0.4, -0.2) is 12.5 Å². The van der Waals surface area contributed by atoms with Crippen molar-refractivity contribution >= 4 is 45.6 Å². The summed E-state index contributed by atoms with van der Waals surface area (Å²) in [4.78, 5) is 14.8. The number of benzene rings is 3. The van der Waals surface area contributed by atoms with Gasteiger partial charge in [0.2, 0.25) is 5.91 Å². The van der Waals surface area contributed by atoms with E-state index in [4.69, 9.17) is 23.2 Å². The fourth-order valence-electron chi connectivity index (χ4n) is 3.97. The largest absolute Gasteiger partial charge is 0.312 e. The summed E-state index contributed by atoms with van der Waals surface area (Å²) in [5.41, 5.74) is 2.96. The molecule has 0 saturated heterocycles. The molecule has 4 rings (SSSR count). The van der Waals surface area contributed by atoms with Crippen molar-refractivity contribution in [2.24, 2.45) is 0 Å². The van der Waals surface area contributed by atoms with Crippen molar-refractivity contribution in [2.75, 3.05) is 11.4 Å². The van der Waals surface area contributed by atoms with Crippen LogP contribution in [0.1, 0.15) is 36.8 Å². The van der Waals surface area contributed by atoms with Crippen LogP contribution in [0.25, 0.3) is 10.8 Å². The van der Waals surface area contributed by atoms with Gasteiger partial charge in [-0.05, 0) is 46.5 Å². The maximum atomic E-state index is 12.9. The molecule has 1 unspecified atom stereocenters. The van der Waals surface area contributed by atoms with Crippen molar-refractivity contribution in [2.45, 2.75) is 25.7 Å². The third-order valence-electron chi connectivity index (χ3n) is 5.06. The molecule has 1 aliphatic heterocycles. The van der Waals surface area contributed by atoms with Gasteiger partial charge in [0.15, 0.2) is 0 Å². The van der Waals surface area contributed by atoms with Gasteiger partial charge in [-0.1, -0.05) is 66.5 Å². The van der Waals surface area contributed by atoms with Gasteiger partial charge in [0, 0.05) is 34.6 Å². The number of carbonyl (C=O) groups is 1. The zero-order valence-corrected chi connectivity index (χ0v) is 16.0. The van der Waals surface area contributed by atoms with Crippen LogP contribution in [0.5, 0.6) is 0 Å². The maximum absolute atomic E-state index is 12.9. The molecule has 0 aliphatic carbocycles. The average Bonchev–Trinajstić information content (AvgIpc) is 2.64. The lowest BCUT2D eigenvalue weighted by atomic mass is 9.81. The molecular weight excluding hydrogens is 365 g/mol. The monoisotopic (exact) mass is 383 g/mol. The van der Waals surface area contributed by atoms with Crippen LogP contribution in [0.4, 0.5) is 5.69 Å². The quantitative estimate of drug-likeness (QED) is 0.510. The Bertz CT molecular complexity index is 978. The molecule has 1 amide bonds. The highest BCUT2D eigenvalue weighted by atomic mass is 35.5. The van der Waals surface area contributed by atoms with Crippen LogP contribution in [-0.2, 0) is 4.79 Å². The van der Waals surface area contributed by atoms with E-state index in [2.05, 4.69) is 31.2 Å². The van der Waals surface area contributed by atoms with Crippen molar-refractivity contribution in [3.05, 3.63) is 75.8 Å². The summed E-state index contributed by atoms with van der Waals surface area (Å²) in [5.74, 6) is -0.0199. The summed E-state index contributed by atoms with van der Waals surface area (Å²) < 4.78 is 0. The Morgan fingerprint density at radius 1 is 0.962 bits per heavy atom. The van der Waals surface area contributed by atoms with Gasteiger partial charge in [-0.3, -0.25) is 4.79 Å². The molecule has 4 heteroatoms. The molecule has 1 aliphatic rings. The lowest BCUT2D eigenvalue weighted by molar-refractivity contribution is -0.119. The third kappa shape index (κ3) is 2.78. The highest BCUT2D eigenvalue weighted by Crippen LogP contribution is 2.47. The number of rotatable bonds is 3. The Morgan fingerprint density at radius 2 is 1.69 bits per heavy atom. The van der Waals surface area contributed by atoms with Gasteiger partial charge < -0.3 is 4.90 Å². The summed E-state index contributed by atoms with van der Waals surface area (Å²) in [6.45, 7) is 2.80. The zero-order valence-electron chi connectivity index (χ0n) is 14.5. The first kappa shape index (κ1) is 17.4. The summed E-state index contributed by atoms with van der Waals surface area (Å²) in [7, 11) is 0. The molecule has 0 spiro atoms. The maximum Gasteiger partial charge on any atom is 0.227 e. The normalized spacial score (nSPS) is 16.8. The van der Waals surface area contributed by atoms with E-state index in [0.29, 0.717) is 23.0 Å². The molecule has 26 heavy (non-hydrogen) atoms. The number of anilines is 1.